The van der Waals surface area contributed by atoms with Crippen LogP contribution >= 0.6 is 0 Å². The third-order valence-corrected chi connectivity index (χ3v) is 2.98. The van der Waals surface area contributed by atoms with Crippen LogP contribution in [0.4, 0.5) is 0 Å². The Morgan fingerprint density at radius 1 is 1.27 bits per heavy atom. The van der Waals surface area contributed by atoms with Gasteiger partial charge in [-0.2, -0.15) is 0 Å². The summed E-state index contributed by atoms with van der Waals surface area (Å²) in [6.45, 7) is 11.0. The van der Waals surface area contributed by atoms with Gasteiger partial charge in [-0.05, 0) is 35.4 Å². The van der Waals surface area contributed by atoms with Crippen LogP contribution in [0.15, 0.2) is 18.2 Å². The van der Waals surface area contributed by atoms with Gasteiger partial charge in [0.15, 0.2) is 0 Å². The Morgan fingerprint density at radius 3 is 2.33 bits per heavy atom. The van der Waals surface area contributed by atoms with E-state index in [4.69, 9.17) is 5.73 Å². The summed E-state index contributed by atoms with van der Waals surface area (Å²) in [5.74, 6) is 0. The van der Waals surface area contributed by atoms with E-state index in [9.17, 15) is 0 Å². The smallest absolute Gasteiger partial charge is 0.0294 e. The average Bonchev–Trinajstić information content (AvgIpc) is 2.15. The largest absolute Gasteiger partial charge is 0.324 e. The van der Waals surface area contributed by atoms with Crippen molar-refractivity contribution in [2.45, 2.75) is 52.5 Å². The summed E-state index contributed by atoms with van der Waals surface area (Å²) in [6, 6.07) is 6.84. The molecule has 0 saturated carbocycles. The number of aryl methyl sites for hydroxylation is 1. The summed E-state index contributed by atoms with van der Waals surface area (Å²) >= 11 is 0. The molecule has 0 saturated heterocycles. The molecule has 0 amide bonds. The van der Waals surface area contributed by atoms with Crippen LogP contribution in [0.1, 0.15) is 56.8 Å². The van der Waals surface area contributed by atoms with Gasteiger partial charge in [0.25, 0.3) is 0 Å². The third-order valence-electron chi connectivity index (χ3n) is 2.98. The Balaban J connectivity index is 3.17. The highest BCUT2D eigenvalue weighted by Crippen LogP contribution is 2.27. The van der Waals surface area contributed by atoms with E-state index in [1.165, 1.54) is 16.7 Å². The van der Waals surface area contributed by atoms with E-state index in [-0.39, 0.29) is 11.5 Å². The van der Waals surface area contributed by atoms with Crippen LogP contribution in [-0.4, -0.2) is 0 Å². The van der Waals surface area contributed by atoms with E-state index in [2.05, 4.69) is 52.8 Å². The van der Waals surface area contributed by atoms with Gasteiger partial charge in [0.1, 0.15) is 0 Å². The van der Waals surface area contributed by atoms with Crippen molar-refractivity contribution in [3.8, 4) is 0 Å². The zero-order valence-corrected chi connectivity index (χ0v) is 10.6. The van der Waals surface area contributed by atoms with Gasteiger partial charge in [0, 0.05) is 6.04 Å². The van der Waals surface area contributed by atoms with Crippen LogP contribution in [-0.2, 0) is 5.41 Å². The first-order chi connectivity index (χ1) is 6.86. The lowest BCUT2D eigenvalue weighted by atomic mass is 9.84. The van der Waals surface area contributed by atoms with Gasteiger partial charge in [0.2, 0.25) is 0 Å². The van der Waals surface area contributed by atoms with Crippen LogP contribution < -0.4 is 5.73 Å². The first kappa shape index (κ1) is 12.3. The quantitative estimate of drug-likeness (QED) is 0.782. The van der Waals surface area contributed by atoms with Crippen molar-refractivity contribution in [3.63, 3.8) is 0 Å². The molecule has 0 heterocycles. The van der Waals surface area contributed by atoms with Crippen LogP contribution in [0, 0.1) is 6.92 Å². The second-order valence-corrected chi connectivity index (χ2v) is 5.34. The standard InChI is InChI=1S/C14H23N/c1-6-13(15)12-9-11(14(3,4)5)8-7-10(12)2/h7-9,13H,6,15H2,1-5H3. The lowest BCUT2D eigenvalue weighted by molar-refractivity contribution is 0.586. The molecule has 1 aromatic rings. The Kier molecular flexibility index (Phi) is 3.56. The molecule has 0 spiro atoms. The predicted octanol–water partition coefficient (Wildman–Crippen LogP) is 3.70. The maximum absolute atomic E-state index is 6.11. The molecular formula is C14H23N. The predicted molar refractivity (Wildman–Crippen MR) is 67.1 cm³/mol. The molecular weight excluding hydrogens is 182 g/mol. The molecule has 0 aliphatic rings. The summed E-state index contributed by atoms with van der Waals surface area (Å²) < 4.78 is 0. The fourth-order valence-corrected chi connectivity index (χ4v) is 1.73. The minimum absolute atomic E-state index is 0.173. The van der Waals surface area contributed by atoms with Gasteiger partial charge in [-0.25, -0.2) is 0 Å². The van der Waals surface area contributed by atoms with Crippen LogP contribution in [0.3, 0.4) is 0 Å². The second kappa shape index (κ2) is 4.36. The molecule has 2 N–H and O–H groups in total. The van der Waals surface area contributed by atoms with Gasteiger partial charge >= 0.3 is 0 Å². The van der Waals surface area contributed by atoms with Crippen molar-refractivity contribution in [2.75, 3.05) is 0 Å². The number of benzene rings is 1. The molecule has 15 heavy (non-hydrogen) atoms. The molecule has 0 bridgehead atoms. The SMILES string of the molecule is CCC(N)c1cc(C(C)(C)C)ccc1C. The summed E-state index contributed by atoms with van der Waals surface area (Å²) in [4.78, 5) is 0. The van der Waals surface area contributed by atoms with Crippen molar-refractivity contribution < 1.29 is 0 Å². The zero-order chi connectivity index (χ0) is 11.6. The number of hydrogen-bond donors (Lipinski definition) is 1. The van der Waals surface area contributed by atoms with Crippen molar-refractivity contribution in [2.24, 2.45) is 5.73 Å². The second-order valence-electron chi connectivity index (χ2n) is 5.34. The van der Waals surface area contributed by atoms with Gasteiger partial charge in [-0.1, -0.05) is 45.9 Å². The molecule has 0 radical (unpaired) electrons. The molecule has 0 aromatic heterocycles. The van der Waals surface area contributed by atoms with E-state index in [0.29, 0.717) is 0 Å². The highest BCUT2D eigenvalue weighted by Gasteiger charge is 2.16. The fourth-order valence-electron chi connectivity index (χ4n) is 1.73. The summed E-state index contributed by atoms with van der Waals surface area (Å²) in [5, 5.41) is 0. The van der Waals surface area contributed by atoms with Crippen molar-refractivity contribution >= 4 is 0 Å². The Morgan fingerprint density at radius 2 is 1.87 bits per heavy atom. The van der Waals surface area contributed by atoms with E-state index < -0.39 is 0 Å². The molecule has 1 unspecified atom stereocenters. The van der Waals surface area contributed by atoms with E-state index in [0.717, 1.165) is 6.42 Å². The Hall–Kier alpha value is -0.820. The number of hydrogen-bond acceptors (Lipinski definition) is 1. The lowest BCUT2D eigenvalue weighted by Crippen LogP contribution is -2.15. The molecule has 1 aromatic carbocycles. The van der Waals surface area contributed by atoms with Crippen LogP contribution in [0.2, 0.25) is 0 Å². The highest BCUT2D eigenvalue weighted by atomic mass is 14.6. The molecule has 1 atom stereocenters. The minimum Gasteiger partial charge on any atom is -0.324 e. The Bertz CT molecular complexity index is 334. The van der Waals surface area contributed by atoms with Gasteiger partial charge in [-0.15, -0.1) is 0 Å². The van der Waals surface area contributed by atoms with Crippen LogP contribution in [0.5, 0.6) is 0 Å². The third kappa shape index (κ3) is 2.82. The fraction of sp³-hybridized carbons (Fsp3) is 0.571. The monoisotopic (exact) mass is 205 g/mol. The van der Waals surface area contributed by atoms with Gasteiger partial charge < -0.3 is 5.73 Å². The first-order valence-corrected chi connectivity index (χ1v) is 5.73. The summed E-state index contributed by atoms with van der Waals surface area (Å²) in [6.07, 6.45) is 0.994. The topological polar surface area (TPSA) is 26.0 Å². The molecule has 1 nitrogen and oxygen atoms in total. The van der Waals surface area contributed by atoms with E-state index >= 15 is 0 Å². The van der Waals surface area contributed by atoms with E-state index in [1.807, 2.05) is 0 Å². The minimum atomic E-state index is 0.173. The maximum atomic E-state index is 6.11. The molecule has 84 valence electrons. The van der Waals surface area contributed by atoms with Crippen molar-refractivity contribution in [1.82, 2.24) is 0 Å². The zero-order valence-electron chi connectivity index (χ0n) is 10.6. The Labute approximate surface area is 93.7 Å². The summed E-state index contributed by atoms with van der Waals surface area (Å²) in [7, 11) is 0. The molecule has 1 heteroatoms. The van der Waals surface area contributed by atoms with Crippen LogP contribution in [0.25, 0.3) is 0 Å². The van der Waals surface area contributed by atoms with Gasteiger partial charge in [-0.3, -0.25) is 0 Å². The molecule has 0 aliphatic heterocycles. The molecule has 0 fully saturated rings. The lowest BCUT2D eigenvalue weighted by Gasteiger charge is -2.22. The first-order valence-electron chi connectivity index (χ1n) is 5.73. The normalized spacial score (nSPS) is 14.0. The average molecular weight is 205 g/mol. The van der Waals surface area contributed by atoms with Gasteiger partial charge in [0.05, 0.1) is 0 Å². The highest BCUT2D eigenvalue weighted by molar-refractivity contribution is 5.36. The molecule has 0 aliphatic carbocycles. The van der Waals surface area contributed by atoms with Crippen molar-refractivity contribution in [3.05, 3.63) is 34.9 Å². The maximum Gasteiger partial charge on any atom is 0.0294 e. The summed E-state index contributed by atoms with van der Waals surface area (Å²) in [5.41, 5.74) is 10.3. The van der Waals surface area contributed by atoms with E-state index in [1.54, 1.807) is 0 Å². The van der Waals surface area contributed by atoms with Crippen molar-refractivity contribution in [1.29, 1.82) is 0 Å². The number of rotatable bonds is 2. The number of nitrogens with two attached hydrogens (primary N) is 1. The molecule has 1 rings (SSSR count).